The van der Waals surface area contributed by atoms with Crippen LogP contribution in [0.4, 0.5) is 0 Å². The number of benzene rings is 2. The van der Waals surface area contributed by atoms with Gasteiger partial charge in [-0.2, -0.15) is 5.10 Å². The second kappa shape index (κ2) is 8.10. The van der Waals surface area contributed by atoms with Gasteiger partial charge in [0.25, 0.3) is 5.91 Å². The second-order valence-corrected chi connectivity index (χ2v) is 6.10. The lowest BCUT2D eigenvalue weighted by atomic mass is 10.2. The van der Waals surface area contributed by atoms with Crippen molar-refractivity contribution < 1.29 is 9.53 Å². The van der Waals surface area contributed by atoms with Crippen molar-refractivity contribution in [2.24, 2.45) is 5.10 Å². The van der Waals surface area contributed by atoms with E-state index in [0.717, 1.165) is 20.3 Å². The molecule has 1 amide bonds. The van der Waals surface area contributed by atoms with Crippen molar-refractivity contribution in [1.82, 2.24) is 5.43 Å². The van der Waals surface area contributed by atoms with Crippen molar-refractivity contribution in [1.29, 1.82) is 0 Å². The van der Waals surface area contributed by atoms with Crippen molar-refractivity contribution >= 4 is 44.0 Å². The Morgan fingerprint density at radius 1 is 1.27 bits per heavy atom. The number of ether oxygens (including phenoxy) is 1. The van der Waals surface area contributed by atoms with E-state index in [-0.39, 0.29) is 5.91 Å². The van der Waals surface area contributed by atoms with Crippen LogP contribution in [0.1, 0.15) is 22.8 Å². The number of halogens is 2. The summed E-state index contributed by atoms with van der Waals surface area (Å²) in [4.78, 5) is 11.9. The summed E-state index contributed by atoms with van der Waals surface area (Å²) in [5.74, 6) is 0.514. The molecule has 2 aromatic carbocycles. The summed E-state index contributed by atoms with van der Waals surface area (Å²) in [5.41, 5.74) is 3.89. The average Bonchev–Trinajstić information content (AvgIpc) is 2.50. The van der Waals surface area contributed by atoms with E-state index >= 15 is 0 Å². The Balaban J connectivity index is 2.00. The monoisotopic (exact) mass is 424 g/mol. The van der Waals surface area contributed by atoms with Gasteiger partial charge in [0.1, 0.15) is 5.75 Å². The smallest absolute Gasteiger partial charge is 0.271 e. The fourth-order valence-electron chi connectivity index (χ4n) is 1.73. The summed E-state index contributed by atoms with van der Waals surface area (Å²) in [6.07, 6.45) is 1.58. The molecule has 1 N–H and O–H groups in total. The van der Waals surface area contributed by atoms with E-state index in [0.29, 0.717) is 12.2 Å². The van der Waals surface area contributed by atoms with Gasteiger partial charge < -0.3 is 4.74 Å². The van der Waals surface area contributed by atoms with Gasteiger partial charge in [-0.1, -0.05) is 22.0 Å². The maximum Gasteiger partial charge on any atom is 0.271 e. The van der Waals surface area contributed by atoms with E-state index in [2.05, 4.69) is 42.4 Å². The van der Waals surface area contributed by atoms with Crippen LogP contribution in [0.15, 0.2) is 56.5 Å². The third kappa shape index (κ3) is 4.68. The van der Waals surface area contributed by atoms with Crippen LogP contribution in [0.25, 0.3) is 0 Å². The maximum absolute atomic E-state index is 11.9. The molecule has 0 aliphatic carbocycles. The minimum atomic E-state index is -0.262. The maximum atomic E-state index is 11.9. The highest BCUT2D eigenvalue weighted by Gasteiger charge is 2.04. The molecule has 2 rings (SSSR count). The predicted molar refractivity (Wildman–Crippen MR) is 94.5 cm³/mol. The van der Waals surface area contributed by atoms with E-state index in [4.69, 9.17) is 4.74 Å². The fraction of sp³-hybridized carbons (Fsp3) is 0.125. The lowest BCUT2D eigenvalue weighted by molar-refractivity contribution is 0.0955. The number of carbonyl (C=O) groups excluding carboxylic acids is 1. The first-order valence-corrected chi connectivity index (χ1v) is 8.20. The molecule has 0 unspecified atom stereocenters. The number of hydrazone groups is 1. The summed E-state index contributed by atoms with van der Waals surface area (Å²) in [6.45, 7) is 2.54. The zero-order valence-electron chi connectivity index (χ0n) is 11.8. The third-order valence-electron chi connectivity index (χ3n) is 2.72. The normalized spacial score (nSPS) is 10.7. The van der Waals surface area contributed by atoms with Crippen molar-refractivity contribution in [2.45, 2.75) is 6.92 Å². The number of nitrogens with zero attached hydrogens (tertiary/aromatic N) is 1. The molecule has 0 aromatic heterocycles. The number of carbonyl (C=O) groups is 1. The van der Waals surface area contributed by atoms with Crippen LogP contribution >= 0.6 is 31.9 Å². The van der Waals surface area contributed by atoms with Gasteiger partial charge in [0.15, 0.2) is 0 Å². The average molecular weight is 426 g/mol. The fourth-order valence-corrected chi connectivity index (χ4v) is 2.64. The van der Waals surface area contributed by atoms with Crippen LogP contribution in [-0.2, 0) is 0 Å². The Bertz CT molecular complexity index is 702. The zero-order valence-corrected chi connectivity index (χ0v) is 15.0. The number of rotatable bonds is 5. The Labute approximate surface area is 145 Å². The van der Waals surface area contributed by atoms with Gasteiger partial charge in [0.05, 0.1) is 17.3 Å². The van der Waals surface area contributed by atoms with Crippen molar-refractivity contribution in [2.75, 3.05) is 6.61 Å². The molecule has 0 radical (unpaired) electrons. The number of amides is 1. The molecule has 0 bridgehead atoms. The third-order valence-corrected chi connectivity index (χ3v) is 3.84. The molecular formula is C16H14Br2N2O2. The first-order valence-electron chi connectivity index (χ1n) is 6.61. The first-order chi connectivity index (χ1) is 10.6. The summed E-state index contributed by atoms with van der Waals surface area (Å²) >= 11 is 6.76. The molecule has 0 atom stereocenters. The van der Waals surface area contributed by atoms with Crippen molar-refractivity contribution in [3.8, 4) is 5.75 Å². The number of hydrogen-bond donors (Lipinski definition) is 1. The molecule has 0 aliphatic heterocycles. The lowest BCUT2D eigenvalue weighted by Crippen LogP contribution is -2.17. The van der Waals surface area contributed by atoms with E-state index in [9.17, 15) is 4.79 Å². The van der Waals surface area contributed by atoms with Crippen molar-refractivity contribution in [3.63, 3.8) is 0 Å². The predicted octanol–water partition coefficient (Wildman–Crippen LogP) is 4.37. The van der Waals surface area contributed by atoms with Gasteiger partial charge >= 0.3 is 0 Å². The molecule has 4 nitrogen and oxygen atoms in total. The molecule has 0 saturated heterocycles. The van der Waals surface area contributed by atoms with Gasteiger partial charge in [-0.25, -0.2) is 5.43 Å². The molecule has 0 spiro atoms. The van der Waals surface area contributed by atoms with E-state index in [1.165, 1.54) is 0 Å². The minimum Gasteiger partial charge on any atom is -0.493 e. The lowest BCUT2D eigenvalue weighted by Gasteiger charge is -2.05. The SMILES string of the molecule is CCOc1ccc(/C=N\NC(=O)c2cccc(Br)c2)cc1Br. The first kappa shape index (κ1) is 16.7. The Morgan fingerprint density at radius 3 is 2.77 bits per heavy atom. The van der Waals surface area contributed by atoms with Crippen LogP contribution < -0.4 is 10.2 Å². The second-order valence-electron chi connectivity index (χ2n) is 4.33. The molecule has 0 saturated carbocycles. The van der Waals surface area contributed by atoms with Gasteiger partial charge in [-0.05, 0) is 64.8 Å². The minimum absolute atomic E-state index is 0.262. The topological polar surface area (TPSA) is 50.7 Å². The largest absolute Gasteiger partial charge is 0.493 e. The quantitative estimate of drug-likeness (QED) is 0.571. The van der Waals surface area contributed by atoms with E-state index in [1.807, 2.05) is 31.2 Å². The molecule has 6 heteroatoms. The zero-order chi connectivity index (χ0) is 15.9. The molecule has 0 fully saturated rings. The number of hydrogen-bond acceptors (Lipinski definition) is 3. The summed E-state index contributed by atoms with van der Waals surface area (Å²) in [7, 11) is 0. The van der Waals surface area contributed by atoms with Gasteiger partial charge in [-0.15, -0.1) is 0 Å². The van der Waals surface area contributed by atoms with Gasteiger partial charge in [0, 0.05) is 10.0 Å². The number of nitrogens with one attached hydrogen (secondary N) is 1. The highest BCUT2D eigenvalue weighted by Crippen LogP contribution is 2.25. The van der Waals surface area contributed by atoms with E-state index < -0.39 is 0 Å². The molecule has 0 heterocycles. The Kier molecular flexibility index (Phi) is 6.15. The van der Waals surface area contributed by atoms with Crippen molar-refractivity contribution in [3.05, 3.63) is 62.5 Å². The van der Waals surface area contributed by atoms with Crippen LogP contribution in [-0.4, -0.2) is 18.7 Å². The summed E-state index contributed by atoms with van der Waals surface area (Å²) < 4.78 is 7.13. The summed E-state index contributed by atoms with van der Waals surface area (Å²) in [5, 5.41) is 3.96. The van der Waals surface area contributed by atoms with Gasteiger partial charge in [0.2, 0.25) is 0 Å². The standard InChI is InChI=1S/C16H14Br2N2O2/c1-2-22-15-7-6-11(8-14(15)18)10-19-20-16(21)12-4-3-5-13(17)9-12/h3-10H,2H2,1H3,(H,20,21)/b19-10-. The van der Waals surface area contributed by atoms with E-state index in [1.54, 1.807) is 24.4 Å². The van der Waals surface area contributed by atoms with Crippen LogP contribution in [0, 0.1) is 0 Å². The molecule has 2 aromatic rings. The molecular weight excluding hydrogens is 412 g/mol. The Morgan fingerprint density at radius 2 is 2.09 bits per heavy atom. The highest BCUT2D eigenvalue weighted by molar-refractivity contribution is 9.10. The molecule has 114 valence electrons. The van der Waals surface area contributed by atoms with Crippen LogP contribution in [0.3, 0.4) is 0 Å². The van der Waals surface area contributed by atoms with Gasteiger partial charge in [-0.3, -0.25) is 4.79 Å². The summed E-state index contributed by atoms with van der Waals surface area (Å²) in [6, 6.07) is 12.7. The van der Waals surface area contributed by atoms with Crippen LogP contribution in [0.5, 0.6) is 5.75 Å². The Hall–Kier alpha value is -1.66. The van der Waals surface area contributed by atoms with Crippen LogP contribution in [0.2, 0.25) is 0 Å². The molecule has 0 aliphatic rings. The molecule has 22 heavy (non-hydrogen) atoms. The highest BCUT2D eigenvalue weighted by atomic mass is 79.9.